The average molecular weight is 447 g/mol. The lowest BCUT2D eigenvalue weighted by atomic mass is 10.2. The van der Waals surface area contributed by atoms with E-state index < -0.39 is 17.6 Å². The number of hydrogen-bond acceptors (Lipinski definition) is 6. The van der Waals surface area contributed by atoms with Crippen molar-refractivity contribution in [3.63, 3.8) is 0 Å². The number of nitrogens with one attached hydrogen (secondary N) is 1. The predicted octanol–water partition coefficient (Wildman–Crippen LogP) is 4.28. The van der Waals surface area contributed by atoms with Crippen LogP contribution in [0.2, 0.25) is 0 Å². The maximum atomic E-state index is 14.3. The summed E-state index contributed by atoms with van der Waals surface area (Å²) in [6.07, 6.45) is -1.38. The number of alkyl halides is 3. The normalized spacial score (nSPS) is 11.6. The molecule has 0 aliphatic heterocycles. The van der Waals surface area contributed by atoms with Crippen LogP contribution in [-0.4, -0.2) is 36.4 Å². The number of rotatable bonds is 5. The van der Waals surface area contributed by atoms with E-state index in [1.54, 1.807) is 23.0 Å². The molecule has 32 heavy (non-hydrogen) atoms. The SMILES string of the molecule is COc1nc(-c2nc(Nc3cccc(C(F)(F)F)c3F)n(C)n2)ccc1-n1cnc(C)c1. The zero-order valence-corrected chi connectivity index (χ0v) is 17.1. The molecule has 166 valence electrons. The zero-order chi connectivity index (χ0) is 23.0. The first-order valence-electron chi connectivity index (χ1n) is 9.27. The maximum Gasteiger partial charge on any atom is 0.419 e. The first-order valence-corrected chi connectivity index (χ1v) is 9.27. The molecule has 0 aliphatic carbocycles. The van der Waals surface area contributed by atoms with Gasteiger partial charge in [0.15, 0.2) is 5.82 Å². The van der Waals surface area contributed by atoms with Gasteiger partial charge in [-0.2, -0.15) is 18.2 Å². The average Bonchev–Trinajstić information content (AvgIpc) is 3.34. The Morgan fingerprint density at radius 2 is 1.88 bits per heavy atom. The number of halogens is 4. The molecular weight excluding hydrogens is 430 g/mol. The van der Waals surface area contributed by atoms with Crippen LogP contribution in [0.15, 0.2) is 42.9 Å². The van der Waals surface area contributed by atoms with Gasteiger partial charge < -0.3 is 14.6 Å². The first kappa shape index (κ1) is 21.3. The molecule has 3 heterocycles. The molecule has 0 radical (unpaired) electrons. The Labute approximate surface area is 179 Å². The lowest BCUT2D eigenvalue weighted by Gasteiger charge is -2.11. The Morgan fingerprint density at radius 3 is 2.53 bits per heavy atom. The van der Waals surface area contributed by atoms with Gasteiger partial charge in [0.2, 0.25) is 17.7 Å². The van der Waals surface area contributed by atoms with Gasteiger partial charge in [-0.15, -0.1) is 5.10 Å². The van der Waals surface area contributed by atoms with Crippen LogP contribution in [0, 0.1) is 12.7 Å². The Morgan fingerprint density at radius 1 is 1.09 bits per heavy atom. The summed E-state index contributed by atoms with van der Waals surface area (Å²) in [7, 11) is 2.98. The van der Waals surface area contributed by atoms with E-state index in [9.17, 15) is 17.6 Å². The Kier molecular flexibility index (Phi) is 5.28. The van der Waals surface area contributed by atoms with E-state index in [-0.39, 0.29) is 17.5 Å². The van der Waals surface area contributed by atoms with Gasteiger partial charge in [-0.1, -0.05) is 6.07 Å². The summed E-state index contributed by atoms with van der Waals surface area (Å²) < 4.78 is 61.7. The third kappa shape index (κ3) is 3.98. The van der Waals surface area contributed by atoms with E-state index in [0.717, 1.165) is 11.8 Å². The molecule has 1 aromatic carbocycles. The van der Waals surface area contributed by atoms with E-state index in [1.165, 1.54) is 24.9 Å². The third-order valence-corrected chi connectivity index (χ3v) is 4.57. The van der Waals surface area contributed by atoms with Gasteiger partial charge in [0, 0.05) is 13.2 Å². The second-order valence-electron chi connectivity index (χ2n) is 6.82. The topological polar surface area (TPSA) is 82.7 Å². The van der Waals surface area contributed by atoms with Gasteiger partial charge in [0.25, 0.3) is 0 Å². The summed E-state index contributed by atoms with van der Waals surface area (Å²) in [6, 6.07) is 6.37. The summed E-state index contributed by atoms with van der Waals surface area (Å²) >= 11 is 0. The number of methoxy groups -OCH3 is 1. The van der Waals surface area contributed by atoms with E-state index in [4.69, 9.17) is 4.74 Å². The molecule has 0 fully saturated rings. The van der Waals surface area contributed by atoms with Crippen molar-refractivity contribution in [2.45, 2.75) is 13.1 Å². The number of aryl methyl sites for hydroxylation is 2. The molecular formula is C20H17F4N7O. The van der Waals surface area contributed by atoms with Crippen LogP contribution >= 0.6 is 0 Å². The Balaban J connectivity index is 1.66. The van der Waals surface area contributed by atoms with Crippen molar-refractivity contribution in [1.29, 1.82) is 0 Å². The minimum Gasteiger partial charge on any atom is -0.479 e. The standard InChI is InChI=1S/C20H17F4N7O/c1-11-9-31(10-25-11)15-8-7-14(26-18(15)32-3)17-28-19(30(2)29-17)27-13-6-4-5-12(16(13)21)20(22,23)24/h4-10H,1-3H3,(H,27,28,29). The molecule has 0 saturated heterocycles. The van der Waals surface area contributed by atoms with Gasteiger partial charge in [0.1, 0.15) is 11.4 Å². The molecule has 3 aromatic heterocycles. The highest BCUT2D eigenvalue weighted by atomic mass is 19.4. The molecule has 1 N–H and O–H groups in total. The fraction of sp³-hybridized carbons (Fsp3) is 0.200. The van der Waals surface area contributed by atoms with Crippen LogP contribution in [0.4, 0.5) is 29.2 Å². The number of ether oxygens (including phenoxy) is 1. The van der Waals surface area contributed by atoms with Crippen LogP contribution in [-0.2, 0) is 13.2 Å². The van der Waals surface area contributed by atoms with Gasteiger partial charge in [-0.05, 0) is 31.2 Å². The lowest BCUT2D eigenvalue weighted by Crippen LogP contribution is -2.10. The quantitative estimate of drug-likeness (QED) is 0.460. The van der Waals surface area contributed by atoms with Crippen molar-refractivity contribution in [1.82, 2.24) is 29.3 Å². The van der Waals surface area contributed by atoms with Crippen molar-refractivity contribution < 1.29 is 22.3 Å². The molecule has 0 amide bonds. The molecule has 0 saturated carbocycles. The number of hydrogen-bond donors (Lipinski definition) is 1. The predicted molar refractivity (Wildman–Crippen MR) is 107 cm³/mol. The molecule has 0 atom stereocenters. The fourth-order valence-electron chi connectivity index (χ4n) is 3.03. The molecule has 0 bridgehead atoms. The largest absolute Gasteiger partial charge is 0.479 e. The fourth-order valence-corrected chi connectivity index (χ4v) is 3.03. The monoisotopic (exact) mass is 447 g/mol. The van der Waals surface area contributed by atoms with Crippen molar-refractivity contribution in [2.75, 3.05) is 12.4 Å². The number of imidazole rings is 1. The summed E-state index contributed by atoms with van der Waals surface area (Å²) in [5.41, 5.74) is 0.0766. The maximum absolute atomic E-state index is 14.3. The van der Waals surface area contributed by atoms with Gasteiger partial charge in [0.05, 0.1) is 30.4 Å². The second-order valence-corrected chi connectivity index (χ2v) is 6.82. The summed E-state index contributed by atoms with van der Waals surface area (Å²) in [4.78, 5) is 12.8. The third-order valence-electron chi connectivity index (χ3n) is 4.57. The molecule has 4 aromatic rings. The van der Waals surface area contributed by atoms with Gasteiger partial charge in [-0.3, -0.25) is 0 Å². The molecule has 0 unspecified atom stereocenters. The molecule has 8 nitrogen and oxygen atoms in total. The summed E-state index contributed by atoms with van der Waals surface area (Å²) in [5, 5.41) is 6.78. The number of aromatic nitrogens is 6. The summed E-state index contributed by atoms with van der Waals surface area (Å²) in [5.74, 6) is -0.919. The van der Waals surface area contributed by atoms with Crippen LogP contribution in [0.1, 0.15) is 11.3 Å². The number of nitrogens with zero attached hydrogens (tertiary/aromatic N) is 6. The van der Waals surface area contributed by atoms with Crippen LogP contribution in [0.5, 0.6) is 5.88 Å². The van der Waals surface area contributed by atoms with Crippen LogP contribution in [0.3, 0.4) is 0 Å². The van der Waals surface area contributed by atoms with Crippen molar-refractivity contribution in [3.05, 3.63) is 59.9 Å². The van der Waals surface area contributed by atoms with Gasteiger partial charge >= 0.3 is 6.18 Å². The van der Waals surface area contributed by atoms with E-state index in [1.807, 2.05) is 13.1 Å². The van der Waals surface area contributed by atoms with Crippen LogP contribution < -0.4 is 10.1 Å². The van der Waals surface area contributed by atoms with Crippen molar-refractivity contribution >= 4 is 11.6 Å². The second kappa shape index (κ2) is 7.94. The number of pyridine rings is 1. The molecule has 0 aliphatic rings. The smallest absolute Gasteiger partial charge is 0.419 e. The minimum absolute atomic E-state index is 0.0355. The lowest BCUT2D eigenvalue weighted by molar-refractivity contribution is -0.139. The van der Waals surface area contributed by atoms with Gasteiger partial charge in [-0.25, -0.2) is 19.0 Å². The van der Waals surface area contributed by atoms with E-state index in [0.29, 0.717) is 23.3 Å². The summed E-state index contributed by atoms with van der Waals surface area (Å²) in [6.45, 7) is 1.85. The Bertz CT molecular complexity index is 1280. The zero-order valence-electron chi connectivity index (χ0n) is 17.1. The van der Waals surface area contributed by atoms with E-state index in [2.05, 4.69) is 25.4 Å². The highest BCUT2D eigenvalue weighted by molar-refractivity contribution is 5.60. The van der Waals surface area contributed by atoms with Crippen molar-refractivity contribution in [2.24, 2.45) is 7.05 Å². The van der Waals surface area contributed by atoms with Crippen molar-refractivity contribution in [3.8, 4) is 23.1 Å². The van der Waals surface area contributed by atoms with Crippen LogP contribution in [0.25, 0.3) is 17.2 Å². The number of anilines is 2. The number of benzene rings is 1. The van der Waals surface area contributed by atoms with E-state index >= 15 is 0 Å². The molecule has 0 spiro atoms. The highest BCUT2D eigenvalue weighted by Gasteiger charge is 2.35. The Hall–Kier alpha value is -3.96. The highest BCUT2D eigenvalue weighted by Crippen LogP contribution is 2.34. The minimum atomic E-state index is -4.82. The first-order chi connectivity index (χ1) is 15.2. The molecule has 12 heteroatoms. The molecule has 4 rings (SSSR count).